The van der Waals surface area contributed by atoms with E-state index in [1.807, 2.05) is 0 Å². The molecule has 0 unspecified atom stereocenters. The van der Waals surface area contributed by atoms with Crippen molar-refractivity contribution in [2.24, 2.45) is 51.2 Å². The van der Waals surface area contributed by atoms with Crippen LogP contribution in [0.5, 0.6) is 0 Å². The number of hydrogen-bond donors (Lipinski definition) is 1. The number of nitrogens with zero attached hydrogens (tertiary/aromatic N) is 2. The Morgan fingerprint density at radius 3 is 2.31 bits per heavy atom. The summed E-state index contributed by atoms with van der Waals surface area (Å²) in [4.78, 5) is 2.47. The Kier molecular flexibility index (Phi) is 9.11. The van der Waals surface area contributed by atoms with E-state index in [9.17, 15) is 8.42 Å². The van der Waals surface area contributed by atoms with Gasteiger partial charge in [-0.25, -0.2) is 8.42 Å². The van der Waals surface area contributed by atoms with Crippen LogP contribution >= 0.6 is 0 Å². The molecule has 6 heteroatoms. The van der Waals surface area contributed by atoms with Crippen molar-refractivity contribution in [2.75, 3.05) is 45.5 Å². The lowest BCUT2D eigenvalue weighted by atomic mass is 9.33. The van der Waals surface area contributed by atoms with E-state index < -0.39 is 10.0 Å². The van der Waals surface area contributed by atoms with Gasteiger partial charge in [0.05, 0.1) is 6.26 Å². The molecule has 9 atom stereocenters. The smallest absolute Gasteiger partial charge is 0.211 e. The molecule has 1 heterocycles. The minimum atomic E-state index is -3.09. The van der Waals surface area contributed by atoms with E-state index in [-0.39, 0.29) is 11.0 Å². The van der Waals surface area contributed by atoms with Crippen LogP contribution in [-0.2, 0) is 10.0 Å². The van der Waals surface area contributed by atoms with Crippen LogP contribution in [0.15, 0.2) is 35.5 Å². The Balaban J connectivity index is 1.12. The van der Waals surface area contributed by atoms with Gasteiger partial charge in [-0.15, -0.1) is 0 Å². The van der Waals surface area contributed by atoms with Gasteiger partial charge in [0.1, 0.15) is 0 Å². The highest BCUT2D eigenvalue weighted by Gasteiger charge is 2.70. The second-order valence-corrected chi connectivity index (χ2v) is 21.3. The molecule has 48 heavy (non-hydrogen) atoms. The molecule has 0 aromatic heterocycles. The minimum absolute atomic E-state index is 0.213. The van der Waals surface area contributed by atoms with E-state index in [0.29, 0.717) is 41.2 Å². The van der Waals surface area contributed by atoms with Crippen molar-refractivity contribution in [1.29, 1.82) is 0 Å². The molecule has 5 nitrogen and oxygen atoms in total. The Labute approximate surface area is 294 Å². The fourth-order valence-electron chi connectivity index (χ4n) is 14.4. The average Bonchev–Trinajstić information content (AvgIpc) is 3.41. The zero-order valence-electron chi connectivity index (χ0n) is 31.8. The molecule has 270 valence electrons. The molecular weight excluding hydrogens is 611 g/mol. The highest BCUT2D eigenvalue weighted by Crippen LogP contribution is 2.76. The SMILES string of the molecule is C=C(C)[C@@H]1CC[C@]2(NCCN3CCN(S(C)(=O)=O)CC3)CC[C@]3(C)[C@H](CC[C@@H]4[C@@]5(C)CC=C(C6=CCCCC6)C(C)(C)[C@@H]5CC[C@]43C)[C@@H]12. The summed E-state index contributed by atoms with van der Waals surface area (Å²) in [5.74, 6) is 3.60. The quantitative estimate of drug-likeness (QED) is 0.274. The molecule has 0 radical (unpaired) electrons. The molecule has 1 saturated heterocycles. The predicted octanol–water partition coefficient (Wildman–Crippen LogP) is 8.60. The maximum absolute atomic E-state index is 12.0. The average molecular weight is 680 g/mol. The predicted molar refractivity (Wildman–Crippen MR) is 200 cm³/mol. The molecule has 7 rings (SSSR count). The summed E-state index contributed by atoms with van der Waals surface area (Å²) >= 11 is 0. The first-order valence-corrected chi connectivity index (χ1v) is 21.9. The molecule has 0 amide bonds. The standard InChI is InChI=1S/C42H69N3O2S/c1-30(2)32-16-21-42(43-24-25-44-26-28-45(29-27-44)48(8,46)47)23-22-40(6)34(37(32)42)14-15-36-39(5)19-17-33(31-12-10-9-11-13-31)38(3,4)35(39)18-20-41(36,40)7/h12,17,32,34-37,43H,1,9-11,13-16,18-29H2,2-8H3/t32-,34+,35-,36+,37+,39-,40+,41+,42-/m0/s1. The summed E-state index contributed by atoms with van der Waals surface area (Å²) in [5, 5.41) is 4.28. The van der Waals surface area contributed by atoms with Crippen LogP contribution in [0.1, 0.15) is 125 Å². The van der Waals surface area contributed by atoms with Crippen molar-refractivity contribution >= 4 is 10.0 Å². The van der Waals surface area contributed by atoms with Crippen LogP contribution in [0.2, 0.25) is 0 Å². The van der Waals surface area contributed by atoms with Crippen molar-refractivity contribution < 1.29 is 8.42 Å². The van der Waals surface area contributed by atoms with E-state index in [2.05, 4.69) is 70.5 Å². The highest BCUT2D eigenvalue weighted by atomic mass is 32.2. The lowest BCUT2D eigenvalue weighted by Crippen LogP contribution is -2.68. The molecule has 0 spiro atoms. The van der Waals surface area contributed by atoms with Crippen LogP contribution in [0.4, 0.5) is 0 Å². The Morgan fingerprint density at radius 2 is 1.65 bits per heavy atom. The van der Waals surface area contributed by atoms with Crippen molar-refractivity contribution in [1.82, 2.24) is 14.5 Å². The van der Waals surface area contributed by atoms with Gasteiger partial charge in [-0.05, 0) is 153 Å². The Bertz CT molecular complexity index is 1440. The third-order valence-corrected chi connectivity index (χ3v) is 18.3. The second-order valence-electron chi connectivity index (χ2n) is 19.3. The maximum Gasteiger partial charge on any atom is 0.211 e. The van der Waals surface area contributed by atoms with Gasteiger partial charge in [-0.1, -0.05) is 58.9 Å². The van der Waals surface area contributed by atoms with Crippen molar-refractivity contribution in [3.05, 3.63) is 35.5 Å². The number of hydrogen-bond acceptors (Lipinski definition) is 4. The normalized spacial score (nSPS) is 44.9. The molecule has 0 aromatic rings. The van der Waals surface area contributed by atoms with Gasteiger partial charge in [0, 0.05) is 44.8 Å². The molecular formula is C42H69N3O2S. The first kappa shape index (κ1) is 35.5. The summed E-state index contributed by atoms with van der Waals surface area (Å²) < 4.78 is 25.7. The van der Waals surface area contributed by atoms with Gasteiger partial charge in [0.2, 0.25) is 10.0 Å². The van der Waals surface area contributed by atoms with Crippen molar-refractivity contribution in [3.8, 4) is 0 Å². The largest absolute Gasteiger partial charge is 0.310 e. The minimum Gasteiger partial charge on any atom is -0.310 e. The van der Waals surface area contributed by atoms with Crippen molar-refractivity contribution in [3.63, 3.8) is 0 Å². The molecule has 0 aromatic carbocycles. The fourth-order valence-corrected chi connectivity index (χ4v) is 15.3. The van der Waals surface area contributed by atoms with Gasteiger partial charge in [-0.2, -0.15) is 4.31 Å². The van der Waals surface area contributed by atoms with Crippen LogP contribution in [0.25, 0.3) is 0 Å². The molecule has 6 aliphatic carbocycles. The number of nitrogens with one attached hydrogen (secondary N) is 1. The Morgan fingerprint density at radius 1 is 0.896 bits per heavy atom. The fraction of sp³-hybridized carbons (Fsp3) is 0.857. The summed E-state index contributed by atoms with van der Waals surface area (Å²) in [6, 6.07) is 0. The van der Waals surface area contributed by atoms with Gasteiger partial charge in [-0.3, -0.25) is 4.90 Å². The topological polar surface area (TPSA) is 52.6 Å². The summed E-state index contributed by atoms with van der Waals surface area (Å²) in [6.45, 7) is 25.4. The molecule has 7 aliphatic rings. The molecule has 4 saturated carbocycles. The summed E-state index contributed by atoms with van der Waals surface area (Å²) in [6.07, 6.45) is 24.0. The van der Waals surface area contributed by atoms with Gasteiger partial charge in [0.15, 0.2) is 0 Å². The zero-order valence-corrected chi connectivity index (χ0v) is 32.6. The molecule has 1 aliphatic heterocycles. The van der Waals surface area contributed by atoms with E-state index in [4.69, 9.17) is 0 Å². The third kappa shape index (κ3) is 5.42. The first-order chi connectivity index (χ1) is 22.6. The first-order valence-electron chi connectivity index (χ1n) is 20.0. The lowest BCUT2D eigenvalue weighted by molar-refractivity contribution is -0.221. The zero-order chi connectivity index (χ0) is 34.3. The van der Waals surface area contributed by atoms with E-state index in [1.165, 1.54) is 95.3 Å². The van der Waals surface area contributed by atoms with Crippen molar-refractivity contribution in [2.45, 2.75) is 131 Å². The number of fused-ring (bicyclic) bond motifs is 7. The maximum atomic E-state index is 12.0. The van der Waals surface area contributed by atoms with Crippen LogP contribution in [-0.4, -0.2) is 68.7 Å². The van der Waals surface area contributed by atoms with Crippen LogP contribution < -0.4 is 5.32 Å². The second kappa shape index (κ2) is 12.3. The Hall–Kier alpha value is -0.950. The highest BCUT2D eigenvalue weighted by molar-refractivity contribution is 7.88. The monoisotopic (exact) mass is 680 g/mol. The summed E-state index contributed by atoms with van der Waals surface area (Å²) in [7, 11) is -3.09. The van der Waals surface area contributed by atoms with Gasteiger partial charge < -0.3 is 5.32 Å². The molecule has 0 bridgehead atoms. The number of piperazine rings is 1. The van der Waals surface area contributed by atoms with E-state index in [0.717, 1.165) is 43.9 Å². The van der Waals surface area contributed by atoms with Crippen LogP contribution in [0, 0.1) is 51.2 Å². The van der Waals surface area contributed by atoms with Crippen LogP contribution in [0.3, 0.4) is 0 Å². The number of allylic oxidation sites excluding steroid dienone is 5. The molecule has 1 N–H and O–H groups in total. The lowest BCUT2D eigenvalue weighted by Gasteiger charge is -2.72. The molecule has 5 fully saturated rings. The number of rotatable bonds is 7. The van der Waals surface area contributed by atoms with E-state index in [1.54, 1.807) is 15.5 Å². The summed E-state index contributed by atoms with van der Waals surface area (Å²) in [5.41, 5.74) is 6.41. The van der Waals surface area contributed by atoms with Gasteiger partial charge in [0.25, 0.3) is 0 Å². The third-order valence-electron chi connectivity index (χ3n) is 17.0. The van der Waals surface area contributed by atoms with E-state index >= 15 is 0 Å². The number of sulfonamides is 1. The van der Waals surface area contributed by atoms with Gasteiger partial charge >= 0.3 is 0 Å².